The molecule has 0 aliphatic heterocycles. The van der Waals surface area contributed by atoms with E-state index in [1.807, 2.05) is 32.0 Å². The monoisotopic (exact) mass is 305 g/mol. The zero-order valence-electron chi connectivity index (χ0n) is 12.2. The summed E-state index contributed by atoms with van der Waals surface area (Å²) in [5, 5.41) is 0. The van der Waals surface area contributed by atoms with Crippen LogP contribution < -0.4 is 9.46 Å². The van der Waals surface area contributed by atoms with Crippen molar-refractivity contribution in [2.75, 3.05) is 13.2 Å². The summed E-state index contributed by atoms with van der Waals surface area (Å²) in [5.74, 6) is 0.786. The van der Waals surface area contributed by atoms with Gasteiger partial charge in [-0.25, -0.2) is 13.1 Å². The summed E-state index contributed by atoms with van der Waals surface area (Å²) in [6.45, 7) is 4.47. The number of sulfonamides is 1. The first-order chi connectivity index (χ1) is 9.99. The van der Waals surface area contributed by atoms with Crippen molar-refractivity contribution in [2.45, 2.75) is 18.7 Å². The van der Waals surface area contributed by atoms with Gasteiger partial charge in [0.15, 0.2) is 0 Å². The molecule has 0 atom stereocenters. The Balaban J connectivity index is 1.89. The summed E-state index contributed by atoms with van der Waals surface area (Å²) in [4.78, 5) is 0.261. The number of hydrogen-bond acceptors (Lipinski definition) is 3. The van der Waals surface area contributed by atoms with E-state index in [1.165, 1.54) is 0 Å². The van der Waals surface area contributed by atoms with Crippen molar-refractivity contribution >= 4 is 10.0 Å². The second kappa shape index (κ2) is 6.74. The number of rotatable bonds is 6. The number of hydrogen-bond donors (Lipinski definition) is 1. The van der Waals surface area contributed by atoms with Crippen molar-refractivity contribution in [3.05, 3.63) is 59.7 Å². The van der Waals surface area contributed by atoms with Crippen LogP contribution in [0.1, 0.15) is 11.1 Å². The normalized spacial score (nSPS) is 11.3. The van der Waals surface area contributed by atoms with Gasteiger partial charge in [0.05, 0.1) is 4.90 Å². The molecule has 2 rings (SSSR count). The van der Waals surface area contributed by atoms with E-state index < -0.39 is 10.0 Å². The molecule has 2 aromatic rings. The highest BCUT2D eigenvalue weighted by atomic mass is 32.2. The highest BCUT2D eigenvalue weighted by molar-refractivity contribution is 7.89. The smallest absolute Gasteiger partial charge is 0.240 e. The maximum Gasteiger partial charge on any atom is 0.240 e. The number of aryl methyl sites for hydroxylation is 2. The third kappa shape index (κ3) is 4.31. The van der Waals surface area contributed by atoms with Gasteiger partial charge in [-0.3, -0.25) is 0 Å². The molecular formula is C16H19NO3S. The molecule has 0 unspecified atom stereocenters. The van der Waals surface area contributed by atoms with Gasteiger partial charge in [-0.15, -0.1) is 0 Å². The lowest BCUT2D eigenvalue weighted by Crippen LogP contribution is -2.28. The Morgan fingerprint density at radius 3 is 2.48 bits per heavy atom. The minimum absolute atomic E-state index is 0.227. The Bertz CT molecular complexity index is 697. The van der Waals surface area contributed by atoms with Gasteiger partial charge in [-0.05, 0) is 43.2 Å². The van der Waals surface area contributed by atoms with Crippen LogP contribution in [0, 0.1) is 13.8 Å². The van der Waals surface area contributed by atoms with E-state index in [4.69, 9.17) is 4.74 Å². The van der Waals surface area contributed by atoms with Crippen molar-refractivity contribution in [1.82, 2.24) is 4.72 Å². The zero-order chi connectivity index (χ0) is 15.3. The molecule has 0 fully saturated rings. The molecule has 1 N–H and O–H groups in total. The maximum absolute atomic E-state index is 12.0. The second-order valence-corrected chi connectivity index (χ2v) is 6.60. The lowest BCUT2D eigenvalue weighted by atomic mass is 10.1. The van der Waals surface area contributed by atoms with Crippen LogP contribution in [-0.2, 0) is 10.0 Å². The summed E-state index contributed by atoms with van der Waals surface area (Å²) in [6, 6.07) is 14.2. The first kappa shape index (κ1) is 15.5. The Hall–Kier alpha value is -1.85. The third-order valence-corrected chi connectivity index (χ3v) is 4.53. The standard InChI is InChI=1S/C16H19NO3S/c1-13-8-9-14(2)16(12-13)20-11-10-17-21(18,19)15-6-4-3-5-7-15/h3-9,12,17H,10-11H2,1-2H3. The predicted molar refractivity (Wildman–Crippen MR) is 83.0 cm³/mol. The Morgan fingerprint density at radius 2 is 1.76 bits per heavy atom. The molecule has 0 spiro atoms. The van der Waals surface area contributed by atoms with Crippen LogP contribution >= 0.6 is 0 Å². The van der Waals surface area contributed by atoms with E-state index in [1.54, 1.807) is 30.3 Å². The van der Waals surface area contributed by atoms with Crippen molar-refractivity contribution in [1.29, 1.82) is 0 Å². The Labute approximate surface area is 125 Å². The van der Waals surface area contributed by atoms with Gasteiger partial charge in [0, 0.05) is 6.54 Å². The van der Waals surface area contributed by atoms with Crippen molar-refractivity contribution in [3.63, 3.8) is 0 Å². The van der Waals surface area contributed by atoms with Crippen molar-refractivity contribution in [2.24, 2.45) is 0 Å². The van der Waals surface area contributed by atoms with Gasteiger partial charge in [0.25, 0.3) is 0 Å². The molecule has 0 amide bonds. The molecule has 0 saturated carbocycles. The van der Waals surface area contributed by atoms with Crippen LogP contribution in [0.4, 0.5) is 0 Å². The van der Waals surface area contributed by atoms with E-state index in [-0.39, 0.29) is 18.0 Å². The van der Waals surface area contributed by atoms with Gasteiger partial charge in [0.2, 0.25) is 10.0 Å². The highest BCUT2D eigenvalue weighted by Gasteiger charge is 2.12. The molecule has 0 saturated heterocycles. The van der Waals surface area contributed by atoms with Crippen molar-refractivity contribution < 1.29 is 13.2 Å². The van der Waals surface area contributed by atoms with Crippen LogP contribution in [0.5, 0.6) is 5.75 Å². The van der Waals surface area contributed by atoms with Gasteiger partial charge in [-0.1, -0.05) is 30.3 Å². The molecule has 2 aromatic carbocycles. The van der Waals surface area contributed by atoms with Gasteiger partial charge < -0.3 is 4.74 Å². The van der Waals surface area contributed by atoms with Crippen molar-refractivity contribution in [3.8, 4) is 5.75 Å². The maximum atomic E-state index is 12.0. The lowest BCUT2D eigenvalue weighted by molar-refractivity contribution is 0.320. The van der Waals surface area contributed by atoms with Crippen LogP contribution in [0.25, 0.3) is 0 Å². The molecule has 0 aromatic heterocycles. The quantitative estimate of drug-likeness (QED) is 0.835. The SMILES string of the molecule is Cc1ccc(C)c(OCCNS(=O)(=O)c2ccccc2)c1. The molecule has 0 aliphatic rings. The molecule has 4 nitrogen and oxygen atoms in total. The molecule has 0 aliphatic carbocycles. The molecular weight excluding hydrogens is 286 g/mol. The number of nitrogens with one attached hydrogen (secondary N) is 1. The van der Waals surface area contributed by atoms with Crippen LogP contribution in [0.3, 0.4) is 0 Å². The molecule has 5 heteroatoms. The van der Waals surface area contributed by atoms with E-state index in [9.17, 15) is 8.42 Å². The molecule has 0 radical (unpaired) electrons. The second-order valence-electron chi connectivity index (χ2n) is 4.83. The number of benzene rings is 2. The van der Waals surface area contributed by atoms with Crippen LogP contribution in [0.15, 0.2) is 53.4 Å². The predicted octanol–water partition coefficient (Wildman–Crippen LogP) is 2.66. The van der Waals surface area contributed by atoms with E-state index in [0.29, 0.717) is 0 Å². The topological polar surface area (TPSA) is 55.4 Å². The zero-order valence-corrected chi connectivity index (χ0v) is 13.0. The fourth-order valence-electron chi connectivity index (χ4n) is 1.88. The summed E-state index contributed by atoms with van der Waals surface area (Å²) in [5.41, 5.74) is 2.15. The summed E-state index contributed by atoms with van der Waals surface area (Å²) >= 11 is 0. The van der Waals surface area contributed by atoms with Gasteiger partial charge in [-0.2, -0.15) is 0 Å². The minimum Gasteiger partial charge on any atom is -0.492 e. The Kier molecular flexibility index (Phi) is 4.98. The Morgan fingerprint density at radius 1 is 1.05 bits per heavy atom. The average molecular weight is 305 g/mol. The van der Waals surface area contributed by atoms with Gasteiger partial charge >= 0.3 is 0 Å². The first-order valence-corrected chi connectivity index (χ1v) is 8.22. The lowest BCUT2D eigenvalue weighted by Gasteiger charge is -2.11. The van der Waals surface area contributed by atoms with E-state index in [0.717, 1.165) is 16.9 Å². The molecule has 0 bridgehead atoms. The molecule has 0 heterocycles. The molecule has 21 heavy (non-hydrogen) atoms. The minimum atomic E-state index is -3.46. The van der Waals surface area contributed by atoms with Crippen LogP contribution in [0.2, 0.25) is 0 Å². The molecule has 112 valence electrons. The fourth-order valence-corrected chi connectivity index (χ4v) is 2.92. The number of ether oxygens (including phenoxy) is 1. The van der Waals surface area contributed by atoms with E-state index >= 15 is 0 Å². The summed E-state index contributed by atoms with van der Waals surface area (Å²) < 4.78 is 32.1. The van der Waals surface area contributed by atoms with Gasteiger partial charge in [0.1, 0.15) is 12.4 Å². The largest absolute Gasteiger partial charge is 0.492 e. The van der Waals surface area contributed by atoms with Crippen LogP contribution in [-0.4, -0.2) is 21.6 Å². The summed E-state index contributed by atoms with van der Waals surface area (Å²) in [7, 11) is -3.46. The van der Waals surface area contributed by atoms with E-state index in [2.05, 4.69) is 4.72 Å². The third-order valence-electron chi connectivity index (χ3n) is 3.05. The first-order valence-electron chi connectivity index (χ1n) is 6.74. The summed E-state index contributed by atoms with van der Waals surface area (Å²) in [6.07, 6.45) is 0. The highest BCUT2D eigenvalue weighted by Crippen LogP contribution is 2.18. The average Bonchev–Trinajstić information content (AvgIpc) is 2.48. The fraction of sp³-hybridized carbons (Fsp3) is 0.250.